The zero-order valence-electron chi connectivity index (χ0n) is 10.8. The number of carbonyl (C=O) groups is 1. The van der Waals surface area contributed by atoms with Gasteiger partial charge in [-0.15, -0.1) is 0 Å². The summed E-state index contributed by atoms with van der Waals surface area (Å²) in [5.41, 5.74) is 0.460. The second-order valence-corrected chi connectivity index (χ2v) is 6.20. The number of carbonyl (C=O) groups excluding carboxylic acids is 1. The van der Waals surface area contributed by atoms with Gasteiger partial charge in [-0.1, -0.05) is 44.0 Å². The number of benzene rings is 1. The summed E-state index contributed by atoms with van der Waals surface area (Å²) in [4.78, 5) is 12.3. The number of hydrogen-bond acceptors (Lipinski definition) is 1. The van der Waals surface area contributed by atoms with E-state index in [1.165, 1.54) is 6.07 Å². The fraction of sp³-hybridized carbons (Fsp3) is 0.533. The third kappa shape index (κ3) is 2.59. The fourth-order valence-electron chi connectivity index (χ4n) is 2.92. The molecular formula is C15H18ClFO. The standard InChI is InChI=1S/C15H18ClFO/c1-15(2)8-4-6-11(15)13(18)9-10-5-3-7-12(16)14(10)17/h3,5,7,11H,4,6,8-9H2,1-2H3. The lowest BCUT2D eigenvalue weighted by molar-refractivity contribution is -0.124. The van der Waals surface area contributed by atoms with Crippen LogP contribution in [0.15, 0.2) is 18.2 Å². The van der Waals surface area contributed by atoms with Crippen LogP contribution in [0.1, 0.15) is 38.7 Å². The molecule has 1 aliphatic carbocycles. The summed E-state index contributed by atoms with van der Waals surface area (Å²) in [6.45, 7) is 4.24. The van der Waals surface area contributed by atoms with E-state index in [9.17, 15) is 9.18 Å². The molecule has 0 heterocycles. The average molecular weight is 269 g/mol. The van der Waals surface area contributed by atoms with Crippen LogP contribution in [0.3, 0.4) is 0 Å². The highest BCUT2D eigenvalue weighted by atomic mass is 35.5. The van der Waals surface area contributed by atoms with Crippen molar-refractivity contribution < 1.29 is 9.18 Å². The van der Waals surface area contributed by atoms with E-state index in [1.807, 2.05) is 0 Å². The van der Waals surface area contributed by atoms with E-state index in [1.54, 1.807) is 12.1 Å². The number of rotatable bonds is 3. The topological polar surface area (TPSA) is 17.1 Å². The largest absolute Gasteiger partial charge is 0.299 e. The zero-order chi connectivity index (χ0) is 13.3. The van der Waals surface area contributed by atoms with Gasteiger partial charge in [0.05, 0.1) is 5.02 Å². The van der Waals surface area contributed by atoms with Gasteiger partial charge in [0.25, 0.3) is 0 Å². The first-order chi connectivity index (χ1) is 8.42. The molecule has 0 spiro atoms. The second-order valence-electron chi connectivity index (χ2n) is 5.79. The van der Waals surface area contributed by atoms with Crippen molar-refractivity contribution in [3.05, 3.63) is 34.6 Å². The van der Waals surface area contributed by atoms with Crippen LogP contribution in [-0.2, 0) is 11.2 Å². The summed E-state index contributed by atoms with van der Waals surface area (Å²) >= 11 is 5.73. The van der Waals surface area contributed by atoms with Gasteiger partial charge in [0.1, 0.15) is 11.6 Å². The molecule has 0 aliphatic heterocycles. The van der Waals surface area contributed by atoms with Gasteiger partial charge >= 0.3 is 0 Å². The third-order valence-corrected chi connectivity index (χ3v) is 4.33. The van der Waals surface area contributed by atoms with Gasteiger partial charge in [-0.2, -0.15) is 0 Å². The Balaban J connectivity index is 2.15. The van der Waals surface area contributed by atoms with Crippen LogP contribution < -0.4 is 0 Å². The molecule has 98 valence electrons. The molecule has 1 aromatic carbocycles. The highest BCUT2D eigenvalue weighted by Crippen LogP contribution is 2.43. The summed E-state index contributed by atoms with van der Waals surface area (Å²) in [5, 5.41) is 0.0889. The minimum absolute atomic E-state index is 0.0478. The fourth-order valence-corrected chi connectivity index (χ4v) is 3.11. The zero-order valence-corrected chi connectivity index (χ0v) is 11.6. The molecule has 0 aromatic heterocycles. The Labute approximate surface area is 112 Å². The highest BCUT2D eigenvalue weighted by molar-refractivity contribution is 6.30. The molecule has 0 N–H and O–H groups in total. The minimum Gasteiger partial charge on any atom is -0.299 e. The van der Waals surface area contributed by atoms with Crippen LogP contribution in [-0.4, -0.2) is 5.78 Å². The van der Waals surface area contributed by atoms with Gasteiger partial charge in [-0.3, -0.25) is 4.79 Å². The number of ketones is 1. The maximum atomic E-state index is 13.8. The molecule has 1 aliphatic rings. The predicted molar refractivity (Wildman–Crippen MR) is 71.2 cm³/mol. The molecule has 1 saturated carbocycles. The van der Waals surface area contributed by atoms with Crippen molar-refractivity contribution >= 4 is 17.4 Å². The summed E-state index contributed by atoms with van der Waals surface area (Å²) < 4.78 is 13.8. The number of hydrogen-bond donors (Lipinski definition) is 0. The van der Waals surface area contributed by atoms with Crippen LogP contribution in [0.5, 0.6) is 0 Å². The Bertz CT molecular complexity index is 468. The molecule has 0 bridgehead atoms. The maximum absolute atomic E-state index is 13.8. The van der Waals surface area contributed by atoms with Gasteiger partial charge in [0.2, 0.25) is 0 Å². The first-order valence-electron chi connectivity index (χ1n) is 6.37. The Kier molecular flexibility index (Phi) is 3.76. The van der Waals surface area contributed by atoms with E-state index in [4.69, 9.17) is 11.6 Å². The summed E-state index contributed by atoms with van der Waals surface area (Å²) in [5.74, 6) is -0.266. The Morgan fingerprint density at radius 1 is 1.50 bits per heavy atom. The normalized spacial score (nSPS) is 22.1. The Hall–Kier alpha value is -0.890. The molecule has 1 nitrogen and oxygen atoms in total. The van der Waals surface area contributed by atoms with Gasteiger partial charge < -0.3 is 0 Å². The van der Waals surface area contributed by atoms with Crippen LogP contribution >= 0.6 is 11.6 Å². The van der Waals surface area contributed by atoms with Crippen molar-refractivity contribution in [3.63, 3.8) is 0 Å². The van der Waals surface area contributed by atoms with Crippen molar-refractivity contribution in [2.45, 2.75) is 39.5 Å². The van der Waals surface area contributed by atoms with Crippen molar-refractivity contribution in [3.8, 4) is 0 Å². The molecule has 0 saturated heterocycles. The molecular weight excluding hydrogens is 251 g/mol. The lowest BCUT2D eigenvalue weighted by Gasteiger charge is -2.25. The molecule has 2 rings (SSSR count). The summed E-state index contributed by atoms with van der Waals surface area (Å²) in [6, 6.07) is 4.83. The van der Waals surface area contributed by atoms with E-state index < -0.39 is 5.82 Å². The molecule has 0 radical (unpaired) electrons. The van der Waals surface area contributed by atoms with E-state index in [2.05, 4.69) is 13.8 Å². The molecule has 0 amide bonds. The van der Waals surface area contributed by atoms with E-state index in [0.29, 0.717) is 5.56 Å². The molecule has 1 aromatic rings. The maximum Gasteiger partial charge on any atom is 0.145 e. The molecule has 18 heavy (non-hydrogen) atoms. The minimum atomic E-state index is -0.455. The first-order valence-corrected chi connectivity index (χ1v) is 6.75. The number of Topliss-reactive ketones (excluding diaryl/α,β-unsaturated/α-hetero) is 1. The second kappa shape index (κ2) is 5.00. The van der Waals surface area contributed by atoms with E-state index in [0.717, 1.165) is 19.3 Å². The Morgan fingerprint density at radius 3 is 2.83 bits per heavy atom. The lowest BCUT2D eigenvalue weighted by Crippen LogP contribution is -2.27. The van der Waals surface area contributed by atoms with Crippen molar-refractivity contribution in [1.82, 2.24) is 0 Å². The predicted octanol–water partition coefficient (Wildman–Crippen LogP) is 4.42. The average Bonchev–Trinajstić information content (AvgIpc) is 2.65. The van der Waals surface area contributed by atoms with Gasteiger partial charge in [-0.25, -0.2) is 4.39 Å². The monoisotopic (exact) mass is 268 g/mol. The molecule has 1 atom stereocenters. The third-order valence-electron chi connectivity index (χ3n) is 4.04. The smallest absolute Gasteiger partial charge is 0.145 e. The van der Waals surface area contributed by atoms with Gasteiger partial charge in [0, 0.05) is 12.3 Å². The molecule has 1 fully saturated rings. The quantitative estimate of drug-likeness (QED) is 0.793. The van der Waals surface area contributed by atoms with Crippen molar-refractivity contribution in [2.24, 2.45) is 11.3 Å². The summed E-state index contributed by atoms with van der Waals surface area (Å²) in [6.07, 6.45) is 3.23. The van der Waals surface area contributed by atoms with Gasteiger partial charge in [0.15, 0.2) is 0 Å². The van der Waals surface area contributed by atoms with Crippen LogP contribution in [0, 0.1) is 17.2 Å². The molecule has 3 heteroatoms. The van der Waals surface area contributed by atoms with E-state index >= 15 is 0 Å². The van der Waals surface area contributed by atoms with Crippen LogP contribution in [0.25, 0.3) is 0 Å². The lowest BCUT2D eigenvalue weighted by atomic mass is 9.78. The van der Waals surface area contributed by atoms with Crippen molar-refractivity contribution in [2.75, 3.05) is 0 Å². The van der Waals surface area contributed by atoms with Crippen LogP contribution in [0.4, 0.5) is 4.39 Å². The number of halogens is 2. The summed E-state index contributed by atoms with van der Waals surface area (Å²) in [7, 11) is 0. The molecule has 1 unspecified atom stereocenters. The van der Waals surface area contributed by atoms with Gasteiger partial charge in [-0.05, 0) is 29.9 Å². The van der Waals surface area contributed by atoms with E-state index in [-0.39, 0.29) is 28.6 Å². The SMILES string of the molecule is CC1(C)CCCC1C(=O)Cc1cccc(Cl)c1F. The van der Waals surface area contributed by atoms with Crippen LogP contribution in [0.2, 0.25) is 5.02 Å². The first kappa shape index (κ1) is 13.5. The Morgan fingerprint density at radius 2 is 2.22 bits per heavy atom. The highest BCUT2D eigenvalue weighted by Gasteiger charge is 2.38. The van der Waals surface area contributed by atoms with Crippen molar-refractivity contribution in [1.29, 1.82) is 0 Å².